The van der Waals surface area contributed by atoms with Crippen molar-refractivity contribution in [3.05, 3.63) is 71.8 Å². The van der Waals surface area contributed by atoms with Crippen molar-refractivity contribution in [3.8, 4) is 5.75 Å². The van der Waals surface area contributed by atoms with E-state index in [1.54, 1.807) is 51.1 Å². The third kappa shape index (κ3) is 8.19. The van der Waals surface area contributed by atoms with Gasteiger partial charge in [0.05, 0.1) is 18.8 Å². The van der Waals surface area contributed by atoms with E-state index in [2.05, 4.69) is 6.58 Å². The maximum Gasteiger partial charge on any atom is 0.340 e. The molecule has 3 atom stereocenters. The second-order valence-corrected chi connectivity index (χ2v) is 8.56. The zero-order chi connectivity index (χ0) is 25.9. The van der Waals surface area contributed by atoms with Gasteiger partial charge in [0.1, 0.15) is 18.5 Å². The van der Waals surface area contributed by atoms with Gasteiger partial charge < -0.3 is 23.7 Å². The quantitative estimate of drug-likeness (QED) is 0.222. The first-order chi connectivity index (χ1) is 17.4. The normalized spacial score (nSPS) is 15.6. The number of hydrogen-bond acceptors (Lipinski definition) is 8. The third-order valence-electron chi connectivity index (χ3n) is 5.80. The van der Waals surface area contributed by atoms with Gasteiger partial charge >= 0.3 is 11.9 Å². The smallest absolute Gasteiger partial charge is 0.340 e. The van der Waals surface area contributed by atoms with Crippen molar-refractivity contribution in [3.63, 3.8) is 0 Å². The lowest BCUT2D eigenvalue weighted by Crippen LogP contribution is -2.44. The minimum absolute atomic E-state index is 0.331. The average molecular weight is 498 g/mol. The Bertz CT molecular complexity index is 1010. The zero-order valence-electron chi connectivity index (χ0n) is 21.2. The summed E-state index contributed by atoms with van der Waals surface area (Å²) in [6.45, 7) is 10.6. The van der Waals surface area contributed by atoms with Gasteiger partial charge in [-0.3, -0.25) is 9.69 Å². The molecule has 194 valence electrons. The van der Waals surface area contributed by atoms with E-state index in [1.165, 1.54) is 0 Å². The number of carbonyl (C=O) groups excluding carboxylic acids is 2. The Morgan fingerprint density at radius 2 is 1.61 bits per heavy atom. The van der Waals surface area contributed by atoms with Crippen LogP contribution in [0, 0.1) is 0 Å². The van der Waals surface area contributed by atoms with Crippen LogP contribution in [0.5, 0.6) is 5.75 Å². The summed E-state index contributed by atoms with van der Waals surface area (Å²) in [4.78, 5) is 26.6. The maximum absolute atomic E-state index is 12.5. The number of benzene rings is 2. The number of esters is 2. The lowest BCUT2D eigenvalue weighted by molar-refractivity contribution is -0.182. The van der Waals surface area contributed by atoms with E-state index in [4.69, 9.17) is 23.7 Å². The second-order valence-electron chi connectivity index (χ2n) is 8.56. The molecular formula is C28H35NO7. The molecule has 0 radical (unpaired) electrons. The first kappa shape index (κ1) is 27.4. The Morgan fingerprint density at radius 3 is 2.28 bits per heavy atom. The SMILES string of the molecule is C=Cc1ccc(C(=O)OC(C)OCCCCOC(C)OC(=O)C(C)N2COc3ccccc3C2)cc1. The van der Waals surface area contributed by atoms with Crippen LogP contribution in [0.3, 0.4) is 0 Å². The first-order valence-electron chi connectivity index (χ1n) is 12.2. The molecule has 1 heterocycles. The topological polar surface area (TPSA) is 83.5 Å². The Kier molecular flexibility index (Phi) is 10.5. The highest BCUT2D eigenvalue weighted by atomic mass is 16.7. The fourth-order valence-electron chi connectivity index (χ4n) is 3.60. The van der Waals surface area contributed by atoms with Crippen molar-refractivity contribution in [1.29, 1.82) is 0 Å². The van der Waals surface area contributed by atoms with E-state index in [0.29, 0.717) is 44.9 Å². The minimum atomic E-state index is -0.662. The first-order valence-corrected chi connectivity index (χ1v) is 12.2. The number of carbonyl (C=O) groups is 2. The highest BCUT2D eigenvalue weighted by molar-refractivity contribution is 5.89. The summed E-state index contributed by atoms with van der Waals surface area (Å²) in [7, 11) is 0. The fraction of sp³-hybridized carbons (Fsp3) is 0.429. The van der Waals surface area contributed by atoms with Gasteiger partial charge in [0.15, 0.2) is 12.6 Å². The lowest BCUT2D eigenvalue weighted by atomic mass is 10.1. The summed E-state index contributed by atoms with van der Waals surface area (Å²) in [5, 5.41) is 0. The highest BCUT2D eigenvalue weighted by Crippen LogP contribution is 2.25. The summed E-state index contributed by atoms with van der Waals surface area (Å²) in [5.41, 5.74) is 2.43. The minimum Gasteiger partial charge on any atom is -0.478 e. The van der Waals surface area contributed by atoms with Crippen molar-refractivity contribution >= 4 is 18.0 Å². The predicted molar refractivity (Wildman–Crippen MR) is 135 cm³/mol. The summed E-state index contributed by atoms with van der Waals surface area (Å²) < 4.78 is 27.6. The Labute approximate surface area is 212 Å². The number of nitrogens with zero attached hydrogens (tertiary/aromatic N) is 1. The van der Waals surface area contributed by atoms with Crippen LogP contribution in [0.2, 0.25) is 0 Å². The third-order valence-corrected chi connectivity index (χ3v) is 5.80. The van der Waals surface area contributed by atoms with E-state index in [0.717, 1.165) is 16.9 Å². The average Bonchev–Trinajstić information content (AvgIpc) is 2.89. The molecule has 0 saturated carbocycles. The molecule has 0 spiro atoms. The zero-order valence-corrected chi connectivity index (χ0v) is 21.2. The van der Waals surface area contributed by atoms with Crippen LogP contribution >= 0.6 is 0 Å². The van der Waals surface area contributed by atoms with Crippen molar-refractivity contribution in [2.24, 2.45) is 0 Å². The van der Waals surface area contributed by atoms with Gasteiger partial charge in [0.2, 0.25) is 0 Å². The van der Waals surface area contributed by atoms with Gasteiger partial charge in [-0.1, -0.05) is 43.0 Å². The largest absolute Gasteiger partial charge is 0.478 e. The van der Waals surface area contributed by atoms with Gasteiger partial charge in [-0.25, -0.2) is 4.79 Å². The summed E-state index contributed by atoms with van der Waals surface area (Å²) >= 11 is 0. The van der Waals surface area contributed by atoms with Gasteiger partial charge in [0, 0.05) is 12.1 Å². The second kappa shape index (κ2) is 13.8. The predicted octanol–water partition coefficient (Wildman–Crippen LogP) is 4.78. The van der Waals surface area contributed by atoms with E-state index in [9.17, 15) is 9.59 Å². The van der Waals surface area contributed by atoms with Crippen LogP contribution in [-0.2, 0) is 30.3 Å². The molecule has 0 N–H and O–H groups in total. The van der Waals surface area contributed by atoms with Gasteiger partial charge in [-0.15, -0.1) is 0 Å². The number of hydrogen-bond donors (Lipinski definition) is 0. The maximum atomic E-state index is 12.5. The molecule has 1 aliphatic rings. The van der Waals surface area contributed by atoms with Crippen LogP contribution in [0.1, 0.15) is 55.1 Å². The molecule has 36 heavy (non-hydrogen) atoms. The standard InChI is InChI=1S/C28H35NO7/c1-5-23-12-14-24(15-13-23)28(31)36-22(4)33-17-9-8-16-32-21(3)35-27(30)20(2)29-18-25-10-6-7-11-26(25)34-19-29/h5-7,10-15,20-22H,1,8-9,16-19H2,2-4H3. The molecule has 0 aliphatic carbocycles. The lowest BCUT2D eigenvalue weighted by Gasteiger charge is -2.32. The molecule has 8 nitrogen and oxygen atoms in total. The summed E-state index contributed by atoms with van der Waals surface area (Å²) in [6.07, 6.45) is 1.80. The Morgan fingerprint density at radius 1 is 0.972 bits per heavy atom. The molecule has 3 rings (SSSR count). The van der Waals surface area contributed by atoms with Crippen LogP contribution in [-0.4, -0.2) is 55.4 Å². The Hall–Kier alpha value is -3.20. The van der Waals surface area contributed by atoms with Gasteiger partial charge in [-0.2, -0.15) is 0 Å². The monoisotopic (exact) mass is 497 g/mol. The fourth-order valence-corrected chi connectivity index (χ4v) is 3.60. The summed E-state index contributed by atoms with van der Waals surface area (Å²) in [5.74, 6) is 0.0522. The van der Waals surface area contributed by atoms with E-state index >= 15 is 0 Å². The molecule has 2 aromatic carbocycles. The molecule has 3 unspecified atom stereocenters. The van der Waals surface area contributed by atoms with E-state index in [-0.39, 0.29) is 5.97 Å². The van der Waals surface area contributed by atoms with Gasteiger partial charge in [-0.05, 0) is 57.4 Å². The molecule has 0 bridgehead atoms. The van der Waals surface area contributed by atoms with Crippen molar-refractivity contribution < 1.29 is 33.3 Å². The molecule has 8 heteroatoms. The number of fused-ring (bicyclic) bond motifs is 1. The molecular weight excluding hydrogens is 462 g/mol. The molecule has 2 aromatic rings. The van der Waals surface area contributed by atoms with Gasteiger partial charge in [0.25, 0.3) is 0 Å². The molecule has 1 aliphatic heterocycles. The van der Waals surface area contributed by atoms with E-state index in [1.807, 2.05) is 29.2 Å². The molecule has 0 amide bonds. The van der Waals surface area contributed by atoms with E-state index < -0.39 is 24.6 Å². The molecule has 0 aromatic heterocycles. The van der Waals surface area contributed by atoms with Crippen LogP contribution in [0.4, 0.5) is 0 Å². The number of ether oxygens (including phenoxy) is 5. The number of unbranched alkanes of at least 4 members (excludes halogenated alkanes) is 1. The molecule has 0 fully saturated rings. The number of para-hydroxylation sites is 1. The van der Waals surface area contributed by atoms with Crippen LogP contribution < -0.4 is 4.74 Å². The highest BCUT2D eigenvalue weighted by Gasteiger charge is 2.28. The Balaban J connectivity index is 1.26. The molecule has 0 saturated heterocycles. The summed E-state index contributed by atoms with van der Waals surface area (Å²) in [6, 6.07) is 14.3. The van der Waals surface area contributed by atoms with Crippen LogP contribution in [0.25, 0.3) is 6.08 Å². The van der Waals surface area contributed by atoms with Crippen molar-refractivity contribution in [2.75, 3.05) is 19.9 Å². The van der Waals surface area contributed by atoms with Crippen LogP contribution in [0.15, 0.2) is 55.1 Å². The van der Waals surface area contributed by atoms with Crippen molar-refractivity contribution in [2.45, 2.75) is 58.8 Å². The van der Waals surface area contributed by atoms with Crippen molar-refractivity contribution in [1.82, 2.24) is 4.90 Å². The number of rotatable bonds is 13.